The Labute approximate surface area is 128 Å². The van der Waals surface area contributed by atoms with Crippen LogP contribution in [0.3, 0.4) is 0 Å². The summed E-state index contributed by atoms with van der Waals surface area (Å²) in [6.45, 7) is 4.82. The van der Waals surface area contributed by atoms with Crippen LogP contribution in [0.25, 0.3) is 10.9 Å². The van der Waals surface area contributed by atoms with E-state index in [9.17, 15) is 0 Å². The second-order valence-corrected chi connectivity index (χ2v) is 6.34. The molecule has 108 valence electrons. The quantitative estimate of drug-likeness (QED) is 0.752. The Morgan fingerprint density at radius 3 is 2.71 bits per heavy atom. The predicted molar refractivity (Wildman–Crippen MR) is 89.9 cm³/mol. The fraction of sp³-hybridized carbons (Fsp3) is 0.250. The summed E-state index contributed by atoms with van der Waals surface area (Å²) >= 11 is 1.68. The van der Waals surface area contributed by atoms with Gasteiger partial charge in [-0.15, -0.1) is 11.3 Å². The molecule has 0 bridgehead atoms. The highest BCUT2D eigenvalue weighted by Crippen LogP contribution is 2.28. The third-order valence-corrected chi connectivity index (χ3v) is 4.24. The van der Waals surface area contributed by atoms with Crippen LogP contribution < -0.4 is 10.6 Å². The van der Waals surface area contributed by atoms with Crippen LogP contribution in [-0.4, -0.2) is 17.0 Å². The van der Waals surface area contributed by atoms with Gasteiger partial charge in [0.1, 0.15) is 0 Å². The lowest BCUT2D eigenvalue weighted by Crippen LogP contribution is -2.17. The smallest absolute Gasteiger partial charge is 0.0898 e. The normalized spacial score (nSPS) is 11.0. The van der Waals surface area contributed by atoms with E-state index in [0.717, 1.165) is 45.2 Å². The van der Waals surface area contributed by atoms with Gasteiger partial charge in [0.05, 0.1) is 22.8 Å². The third-order valence-electron chi connectivity index (χ3n) is 3.42. The second-order valence-electron chi connectivity index (χ2n) is 5.27. The van der Waals surface area contributed by atoms with Gasteiger partial charge in [-0.2, -0.15) is 0 Å². The van der Waals surface area contributed by atoms with Crippen LogP contribution in [0, 0.1) is 13.8 Å². The van der Waals surface area contributed by atoms with Gasteiger partial charge in [-0.3, -0.25) is 4.98 Å². The zero-order valence-electron chi connectivity index (χ0n) is 12.4. The van der Waals surface area contributed by atoms with Crippen LogP contribution in [0.5, 0.6) is 0 Å². The van der Waals surface area contributed by atoms with Crippen LogP contribution in [0.2, 0.25) is 0 Å². The van der Waals surface area contributed by atoms with Crippen molar-refractivity contribution >= 4 is 33.6 Å². The maximum absolute atomic E-state index is 5.93. The van der Waals surface area contributed by atoms with Crippen molar-refractivity contribution in [3.05, 3.63) is 46.0 Å². The summed E-state index contributed by atoms with van der Waals surface area (Å²) in [5, 5.41) is 4.28. The summed E-state index contributed by atoms with van der Waals surface area (Å²) in [5.74, 6) is 0. The van der Waals surface area contributed by atoms with Crippen LogP contribution in [0.15, 0.2) is 29.6 Å². The van der Waals surface area contributed by atoms with Gasteiger partial charge < -0.3 is 10.6 Å². The molecule has 3 rings (SSSR count). The molecule has 0 atom stereocenters. The Hall–Kier alpha value is -2.14. The molecule has 4 nitrogen and oxygen atoms in total. The molecule has 0 saturated carbocycles. The number of hydrogen-bond acceptors (Lipinski definition) is 5. The molecule has 5 heteroatoms. The summed E-state index contributed by atoms with van der Waals surface area (Å²) in [7, 11) is 2.08. The molecule has 3 aromatic rings. The fourth-order valence-corrected chi connectivity index (χ4v) is 3.08. The van der Waals surface area contributed by atoms with E-state index in [-0.39, 0.29) is 0 Å². The molecule has 2 N–H and O–H groups in total. The molecule has 21 heavy (non-hydrogen) atoms. The Bertz CT molecular complexity index is 794. The lowest BCUT2D eigenvalue weighted by atomic mass is 10.1. The molecule has 0 fully saturated rings. The van der Waals surface area contributed by atoms with Crippen molar-refractivity contribution < 1.29 is 0 Å². The van der Waals surface area contributed by atoms with E-state index in [1.807, 2.05) is 32.0 Å². The second kappa shape index (κ2) is 5.33. The number of anilines is 2. The van der Waals surface area contributed by atoms with Crippen LogP contribution in [0.1, 0.15) is 16.4 Å². The van der Waals surface area contributed by atoms with Crippen molar-refractivity contribution in [2.24, 2.45) is 0 Å². The highest BCUT2D eigenvalue weighted by Gasteiger charge is 2.11. The zero-order valence-corrected chi connectivity index (χ0v) is 13.2. The predicted octanol–water partition coefficient (Wildman–Crippen LogP) is 3.53. The lowest BCUT2D eigenvalue weighted by Gasteiger charge is -2.21. The van der Waals surface area contributed by atoms with Crippen molar-refractivity contribution in [3.63, 3.8) is 0 Å². The van der Waals surface area contributed by atoms with E-state index < -0.39 is 0 Å². The summed E-state index contributed by atoms with van der Waals surface area (Å²) < 4.78 is 0. The summed E-state index contributed by atoms with van der Waals surface area (Å²) in [5.41, 5.74) is 10.9. The number of thiazole rings is 1. The number of nitrogens with zero attached hydrogens (tertiary/aromatic N) is 3. The highest BCUT2D eigenvalue weighted by molar-refractivity contribution is 7.09. The number of rotatable bonds is 3. The molecule has 0 saturated heterocycles. The first kappa shape index (κ1) is 13.8. The number of hydrogen-bond donors (Lipinski definition) is 1. The van der Waals surface area contributed by atoms with E-state index >= 15 is 0 Å². The maximum atomic E-state index is 5.93. The number of nitrogen functional groups attached to an aromatic ring is 1. The average Bonchev–Trinajstić information content (AvgIpc) is 2.83. The molecule has 0 aliphatic carbocycles. The lowest BCUT2D eigenvalue weighted by molar-refractivity contribution is 0.892. The summed E-state index contributed by atoms with van der Waals surface area (Å²) in [4.78, 5) is 11.3. The van der Waals surface area contributed by atoms with Crippen molar-refractivity contribution in [2.45, 2.75) is 20.4 Å². The SMILES string of the molecule is Cc1cc(N(C)Cc2csc(C)n2)c2cc(N)ccc2n1. The van der Waals surface area contributed by atoms with E-state index in [1.165, 1.54) is 0 Å². The van der Waals surface area contributed by atoms with E-state index in [0.29, 0.717) is 0 Å². The van der Waals surface area contributed by atoms with Gasteiger partial charge in [0.2, 0.25) is 0 Å². The van der Waals surface area contributed by atoms with Gasteiger partial charge in [0, 0.05) is 34.9 Å². The van der Waals surface area contributed by atoms with Gasteiger partial charge in [0.25, 0.3) is 0 Å². The zero-order chi connectivity index (χ0) is 15.0. The van der Waals surface area contributed by atoms with Crippen LogP contribution >= 0.6 is 11.3 Å². The molecule has 0 aliphatic rings. The Morgan fingerprint density at radius 1 is 1.19 bits per heavy atom. The first-order valence-corrected chi connectivity index (χ1v) is 7.70. The van der Waals surface area contributed by atoms with Gasteiger partial charge in [0.15, 0.2) is 0 Å². The molecule has 0 amide bonds. The van der Waals surface area contributed by atoms with E-state index in [4.69, 9.17) is 5.73 Å². The highest BCUT2D eigenvalue weighted by atomic mass is 32.1. The topological polar surface area (TPSA) is 55.0 Å². The molecule has 1 aromatic carbocycles. The average molecular weight is 298 g/mol. The van der Waals surface area contributed by atoms with Crippen molar-refractivity contribution in [1.29, 1.82) is 0 Å². The van der Waals surface area contributed by atoms with E-state index in [1.54, 1.807) is 11.3 Å². The molecule has 0 unspecified atom stereocenters. The largest absolute Gasteiger partial charge is 0.399 e. The monoisotopic (exact) mass is 298 g/mol. The van der Waals surface area contributed by atoms with Gasteiger partial charge >= 0.3 is 0 Å². The minimum absolute atomic E-state index is 0.757. The molecule has 0 spiro atoms. The van der Waals surface area contributed by atoms with Gasteiger partial charge in [-0.25, -0.2) is 4.98 Å². The summed E-state index contributed by atoms with van der Waals surface area (Å²) in [6, 6.07) is 7.95. The fourth-order valence-electron chi connectivity index (χ4n) is 2.48. The molecule has 0 aliphatic heterocycles. The van der Waals surface area contributed by atoms with Crippen LogP contribution in [-0.2, 0) is 6.54 Å². The molecule has 2 heterocycles. The first-order chi connectivity index (χ1) is 10.0. The molecular formula is C16H18N4S. The number of pyridine rings is 1. The third kappa shape index (κ3) is 2.83. The van der Waals surface area contributed by atoms with Gasteiger partial charge in [-0.05, 0) is 38.1 Å². The number of aryl methyl sites for hydroxylation is 2. The number of fused-ring (bicyclic) bond motifs is 1. The Kier molecular flexibility index (Phi) is 3.51. The molecule has 0 radical (unpaired) electrons. The van der Waals surface area contributed by atoms with Crippen LogP contribution in [0.4, 0.5) is 11.4 Å². The van der Waals surface area contributed by atoms with E-state index in [2.05, 4.69) is 33.4 Å². The number of aromatic nitrogens is 2. The molecular weight excluding hydrogens is 280 g/mol. The number of benzene rings is 1. The van der Waals surface area contributed by atoms with Crippen molar-refractivity contribution in [2.75, 3.05) is 17.7 Å². The van der Waals surface area contributed by atoms with Gasteiger partial charge in [-0.1, -0.05) is 0 Å². The maximum Gasteiger partial charge on any atom is 0.0898 e. The Balaban J connectivity index is 2.03. The minimum atomic E-state index is 0.757. The molecule has 2 aromatic heterocycles. The standard InChI is InChI=1S/C16H18N4S/c1-10-6-16(14-7-12(17)4-5-15(14)18-10)20(3)8-13-9-21-11(2)19-13/h4-7,9H,8,17H2,1-3H3. The van der Waals surface area contributed by atoms with Crippen molar-refractivity contribution in [1.82, 2.24) is 9.97 Å². The summed E-state index contributed by atoms with van der Waals surface area (Å²) in [6.07, 6.45) is 0. The Morgan fingerprint density at radius 2 is 2.00 bits per heavy atom. The number of nitrogens with two attached hydrogens (primary N) is 1. The van der Waals surface area contributed by atoms with Crippen molar-refractivity contribution in [3.8, 4) is 0 Å². The first-order valence-electron chi connectivity index (χ1n) is 6.82. The minimum Gasteiger partial charge on any atom is -0.399 e.